The van der Waals surface area contributed by atoms with Crippen molar-refractivity contribution in [3.63, 3.8) is 0 Å². The second kappa shape index (κ2) is 5.46. The fraction of sp³-hybridized carbons (Fsp3) is 0.385. The number of alkyl halides is 2. The molecular weight excluding hydrogens is 242 g/mol. The standard InChI is InChI=1S/C13H14F2O3/c14-13(15)11(16)6-7-18-12(13)9-17-8-10-4-2-1-3-5-10/h1-7,11-12,16H,8-9H2/t11-,12-/m1/s1. The summed E-state index contributed by atoms with van der Waals surface area (Å²) >= 11 is 0. The van der Waals surface area contributed by atoms with Gasteiger partial charge < -0.3 is 14.6 Å². The second-order valence-electron chi connectivity index (χ2n) is 4.07. The van der Waals surface area contributed by atoms with Crippen LogP contribution in [0, 0.1) is 0 Å². The van der Waals surface area contributed by atoms with Gasteiger partial charge in [0.25, 0.3) is 0 Å². The minimum Gasteiger partial charge on any atom is -0.489 e. The summed E-state index contributed by atoms with van der Waals surface area (Å²) in [6, 6.07) is 9.24. The maximum absolute atomic E-state index is 13.5. The van der Waals surface area contributed by atoms with E-state index in [-0.39, 0.29) is 13.2 Å². The molecule has 0 aromatic heterocycles. The van der Waals surface area contributed by atoms with Gasteiger partial charge in [0.2, 0.25) is 0 Å². The maximum atomic E-state index is 13.5. The van der Waals surface area contributed by atoms with Crippen molar-refractivity contribution in [1.82, 2.24) is 0 Å². The summed E-state index contributed by atoms with van der Waals surface area (Å²) in [5.74, 6) is -3.33. The molecule has 0 saturated carbocycles. The van der Waals surface area contributed by atoms with Gasteiger partial charge in [0.15, 0.2) is 6.10 Å². The van der Waals surface area contributed by atoms with E-state index in [0.29, 0.717) is 0 Å². The molecule has 1 aromatic rings. The summed E-state index contributed by atoms with van der Waals surface area (Å²) in [5, 5.41) is 9.15. The molecule has 0 radical (unpaired) electrons. The Bertz CT molecular complexity index is 406. The maximum Gasteiger partial charge on any atom is 0.315 e. The van der Waals surface area contributed by atoms with Crippen LogP contribution >= 0.6 is 0 Å². The Morgan fingerprint density at radius 2 is 2.00 bits per heavy atom. The third-order valence-corrected chi connectivity index (χ3v) is 2.71. The Labute approximate surface area is 104 Å². The van der Waals surface area contributed by atoms with Crippen molar-refractivity contribution in [2.24, 2.45) is 0 Å². The fourth-order valence-electron chi connectivity index (χ4n) is 1.63. The molecule has 0 unspecified atom stereocenters. The van der Waals surface area contributed by atoms with Gasteiger partial charge in [-0.2, -0.15) is 8.78 Å². The van der Waals surface area contributed by atoms with E-state index in [1.807, 2.05) is 30.3 Å². The van der Waals surface area contributed by atoms with Gasteiger partial charge in [-0.15, -0.1) is 0 Å². The van der Waals surface area contributed by atoms with E-state index in [2.05, 4.69) is 0 Å². The van der Waals surface area contributed by atoms with E-state index < -0.39 is 18.1 Å². The Balaban J connectivity index is 1.85. The minimum absolute atomic E-state index is 0.233. The summed E-state index contributed by atoms with van der Waals surface area (Å²) in [4.78, 5) is 0. The normalized spacial score (nSPS) is 25.7. The van der Waals surface area contributed by atoms with Crippen molar-refractivity contribution in [2.75, 3.05) is 6.61 Å². The Kier molecular flexibility index (Phi) is 3.93. The molecule has 0 spiro atoms. The average Bonchev–Trinajstić information content (AvgIpc) is 2.36. The average molecular weight is 256 g/mol. The van der Waals surface area contributed by atoms with Crippen molar-refractivity contribution < 1.29 is 23.4 Å². The summed E-state index contributed by atoms with van der Waals surface area (Å²) in [6.45, 7) is -0.0418. The number of halogens is 2. The molecule has 18 heavy (non-hydrogen) atoms. The lowest BCUT2D eigenvalue weighted by Crippen LogP contribution is -2.49. The first-order valence-corrected chi connectivity index (χ1v) is 5.60. The van der Waals surface area contributed by atoms with Crippen molar-refractivity contribution in [3.8, 4) is 0 Å². The van der Waals surface area contributed by atoms with Crippen LogP contribution in [0.25, 0.3) is 0 Å². The highest BCUT2D eigenvalue weighted by Gasteiger charge is 2.49. The van der Waals surface area contributed by atoms with E-state index in [9.17, 15) is 8.78 Å². The quantitative estimate of drug-likeness (QED) is 0.896. The molecular formula is C13H14F2O3. The van der Waals surface area contributed by atoms with Crippen LogP contribution in [0.4, 0.5) is 8.78 Å². The number of hydrogen-bond donors (Lipinski definition) is 1. The van der Waals surface area contributed by atoms with E-state index >= 15 is 0 Å². The summed E-state index contributed by atoms with van der Waals surface area (Å²) in [5.41, 5.74) is 0.896. The fourth-order valence-corrected chi connectivity index (χ4v) is 1.63. The Hall–Kier alpha value is -1.46. The van der Waals surface area contributed by atoms with Gasteiger partial charge in [0, 0.05) is 0 Å². The molecule has 0 bridgehead atoms. The molecule has 1 N–H and O–H groups in total. The molecule has 5 heteroatoms. The molecule has 0 aliphatic carbocycles. The number of aliphatic hydroxyl groups is 1. The zero-order valence-corrected chi connectivity index (χ0v) is 9.63. The van der Waals surface area contributed by atoms with E-state index in [4.69, 9.17) is 14.6 Å². The lowest BCUT2D eigenvalue weighted by atomic mass is 10.1. The number of ether oxygens (including phenoxy) is 2. The smallest absolute Gasteiger partial charge is 0.315 e. The largest absolute Gasteiger partial charge is 0.489 e. The van der Waals surface area contributed by atoms with Crippen LogP contribution in [0.1, 0.15) is 5.56 Å². The summed E-state index contributed by atoms with van der Waals surface area (Å²) < 4.78 is 36.9. The topological polar surface area (TPSA) is 38.7 Å². The molecule has 2 rings (SSSR count). The Morgan fingerprint density at radius 1 is 1.28 bits per heavy atom. The van der Waals surface area contributed by atoms with Gasteiger partial charge >= 0.3 is 5.92 Å². The van der Waals surface area contributed by atoms with Crippen molar-refractivity contribution in [2.45, 2.75) is 24.7 Å². The highest BCUT2D eigenvalue weighted by Crippen LogP contribution is 2.30. The molecule has 1 aliphatic heterocycles. The van der Waals surface area contributed by atoms with Gasteiger partial charge in [-0.1, -0.05) is 30.3 Å². The zero-order chi connectivity index (χ0) is 13.0. The minimum atomic E-state index is -3.33. The van der Waals surface area contributed by atoms with Crippen molar-refractivity contribution in [3.05, 3.63) is 48.2 Å². The highest BCUT2D eigenvalue weighted by molar-refractivity contribution is 5.13. The summed E-state index contributed by atoms with van der Waals surface area (Å²) in [7, 11) is 0. The lowest BCUT2D eigenvalue weighted by molar-refractivity contribution is -0.192. The van der Waals surface area contributed by atoms with Crippen molar-refractivity contribution >= 4 is 0 Å². The zero-order valence-electron chi connectivity index (χ0n) is 9.63. The third-order valence-electron chi connectivity index (χ3n) is 2.71. The van der Waals surface area contributed by atoms with E-state index in [1.54, 1.807) is 0 Å². The van der Waals surface area contributed by atoms with Crippen LogP contribution in [0.3, 0.4) is 0 Å². The molecule has 0 fully saturated rings. The van der Waals surface area contributed by atoms with Crippen LogP contribution in [-0.2, 0) is 16.1 Å². The molecule has 1 heterocycles. The Morgan fingerprint density at radius 3 is 2.72 bits per heavy atom. The molecule has 1 aromatic carbocycles. The molecule has 0 amide bonds. The van der Waals surface area contributed by atoms with Crippen LogP contribution in [0.5, 0.6) is 0 Å². The molecule has 3 nitrogen and oxygen atoms in total. The second-order valence-corrected chi connectivity index (χ2v) is 4.07. The van der Waals surface area contributed by atoms with Crippen LogP contribution in [0.2, 0.25) is 0 Å². The van der Waals surface area contributed by atoms with Crippen LogP contribution < -0.4 is 0 Å². The molecule has 0 saturated heterocycles. The SMILES string of the molecule is O[C@@H]1C=CO[C@H](COCc2ccccc2)C1(F)F. The van der Waals surface area contributed by atoms with Gasteiger partial charge in [-0.05, 0) is 11.6 Å². The van der Waals surface area contributed by atoms with Crippen LogP contribution in [0.15, 0.2) is 42.7 Å². The van der Waals surface area contributed by atoms with Gasteiger partial charge in [-0.3, -0.25) is 0 Å². The predicted molar refractivity (Wildman–Crippen MR) is 61.1 cm³/mol. The number of rotatable bonds is 4. The van der Waals surface area contributed by atoms with Gasteiger partial charge in [0.1, 0.15) is 6.10 Å². The first kappa shape index (κ1) is 13.0. The molecule has 1 aliphatic rings. The monoisotopic (exact) mass is 256 g/mol. The highest BCUT2D eigenvalue weighted by atomic mass is 19.3. The van der Waals surface area contributed by atoms with E-state index in [1.165, 1.54) is 0 Å². The first-order chi connectivity index (χ1) is 8.60. The van der Waals surface area contributed by atoms with Crippen LogP contribution in [-0.4, -0.2) is 29.8 Å². The van der Waals surface area contributed by atoms with E-state index in [0.717, 1.165) is 17.9 Å². The number of benzene rings is 1. The molecule has 98 valence electrons. The van der Waals surface area contributed by atoms with Gasteiger partial charge in [0.05, 0.1) is 19.5 Å². The molecule has 2 atom stereocenters. The van der Waals surface area contributed by atoms with Crippen molar-refractivity contribution in [1.29, 1.82) is 0 Å². The lowest BCUT2D eigenvalue weighted by Gasteiger charge is -2.31. The first-order valence-electron chi connectivity index (χ1n) is 5.60. The predicted octanol–water partition coefficient (Wildman–Crippen LogP) is 2.11. The van der Waals surface area contributed by atoms with Gasteiger partial charge in [-0.25, -0.2) is 0 Å². The number of hydrogen-bond acceptors (Lipinski definition) is 3. The number of aliphatic hydroxyl groups excluding tert-OH is 1. The summed E-state index contributed by atoms with van der Waals surface area (Å²) in [6.07, 6.45) is -1.27. The third kappa shape index (κ3) is 2.86.